The Morgan fingerprint density at radius 1 is 1.33 bits per heavy atom. The molecule has 0 radical (unpaired) electrons. The third kappa shape index (κ3) is 3.25. The van der Waals surface area contributed by atoms with Crippen LogP contribution in [-0.2, 0) is 6.42 Å². The summed E-state index contributed by atoms with van der Waals surface area (Å²) in [5.74, 6) is 1.98. The van der Waals surface area contributed by atoms with Crippen molar-refractivity contribution in [2.45, 2.75) is 52.0 Å². The molecule has 0 saturated heterocycles. The van der Waals surface area contributed by atoms with Crippen LogP contribution in [-0.4, -0.2) is 16.0 Å². The Morgan fingerprint density at radius 3 is 2.61 bits per heavy atom. The molecule has 0 bridgehead atoms. The molecule has 0 aliphatic heterocycles. The van der Waals surface area contributed by atoms with Gasteiger partial charge < -0.3 is 11.1 Å². The van der Waals surface area contributed by atoms with Gasteiger partial charge in [0.05, 0.1) is 0 Å². The molecule has 100 valence electrons. The Morgan fingerprint density at radius 2 is 2.00 bits per heavy atom. The maximum atomic E-state index is 6.07. The summed E-state index contributed by atoms with van der Waals surface area (Å²) in [4.78, 5) is 8.74. The molecule has 18 heavy (non-hydrogen) atoms. The molecule has 2 rings (SSSR count). The maximum absolute atomic E-state index is 6.07. The highest BCUT2D eigenvalue weighted by Crippen LogP contribution is 2.28. The normalized spacial score (nSPS) is 16.4. The first-order valence-electron chi connectivity index (χ1n) is 6.64. The summed E-state index contributed by atoms with van der Waals surface area (Å²) in [6.07, 6.45) is 5.73. The first-order valence-corrected chi connectivity index (χ1v) is 7.02. The van der Waals surface area contributed by atoms with Gasteiger partial charge in [-0.2, -0.15) is 0 Å². The number of nitrogen functional groups attached to an aromatic ring is 1. The van der Waals surface area contributed by atoms with Gasteiger partial charge in [-0.3, -0.25) is 0 Å². The second-order valence-corrected chi connectivity index (χ2v) is 5.77. The Labute approximate surface area is 113 Å². The Hall–Kier alpha value is -1.03. The largest absolute Gasteiger partial charge is 0.393 e. The van der Waals surface area contributed by atoms with E-state index in [1.54, 1.807) is 0 Å². The highest BCUT2D eigenvalue weighted by Gasteiger charge is 2.18. The summed E-state index contributed by atoms with van der Waals surface area (Å²) in [6, 6.07) is 0.477. The van der Waals surface area contributed by atoms with Gasteiger partial charge in [-0.25, -0.2) is 9.97 Å². The van der Waals surface area contributed by atoms with Crippen molar-refractivity contribution in [3.05, 3.63) is 11.0 Å². The van der Waals surface area contributed by atoms with Crippen LogP contribution in [0, 0.1) is 5.92 Å². The number of nitrogens with zero attached hydrogens (tertiary/aromatic N) is 2. The van der Waals surface area contributed by atoms with E-state index in [4.69, 9.17) is 17.3 Å². The molecule has 1 aromatic heterocycles. The second-order valence-electron chi connectivity index (χ2n) is 5.42. The Balaban J connectivity index is 2.18. The van der Waals surface area contributed by atoms with Gasteiger partial charge in [0.15, 0.2) is 11.0 Å². The zero-order chi connectivity index (χ0) is 13.1. The highest BCUT2D eigenvalue weighted by atomic mass is 35.5. The van der Waals surface area contributed by atoms with Gasteiger partial charge in [-0.15, -0.1) is 0 Å². The monoisotopic (exact) mass is 268 g/mol. The molecular weight excluding hydrogens is 248 g/mol. The molecule has 1 saturated carbocycles. The molecule has 5 heteroatoms. The van der Waals surface area contributed by atoms with Gasteiger partial charge in [0.1, 0.15) is 11.5 Å². The number of hydrogen-bond acceptors (Lipinski definition) is 4. The molecule has 3 N–H and O–H groups in total. The van der Waals surface area contributed by atoms with Crippen LogP contribution in [0.25, 0.3) is 0 Å². The van der Waals surface area contributed by atoms with E-state index < -0.39 is 0 Å². The van der Waals surface area contributed by atoms with E-state index in [2.05, 4.69) is 29.1 Å². The summed E-state index contributed by atoms with van der Waals surface area (Å²) < 4.78 is 0. The van der Waals surface area contributed by atoms with Gasteiger partial charge in [0.2, 0.25) is 0 Å². The molecule has 0 spiro atoms. The summed E-state index contributed by atoms with van der Waals surface area (Å²) in [7, 11) is 0. The van der Waals surface area contributed by atoms with Crippen LogP contribution in [0.1, 0.15) is 45.4 Å². The Bertz CT molecular complexity index is 414. The van der Waals surface area contributed by atoms with Crippen LogP contribution in [0.3, 0.4) is 0 Å². The van der Waals surface area contributed by atoms with Crippen molar-refractivity contribution in [3.63, 3.8) is 0 Å². The van der Waals surface area contributed by atoms with E-state index in [1.807, 2.05) is 0 Å². The van der Waals surface area contributed by atoms with Crippen molar-refractivity contribution in [2.24, 2.45) is 5.92 Å². The SMILES string of the molecule is CC(C)Cc1nc(Cl)c(N)c(NC2CCCC2)n1. The van der Waals surface area contributed by atoms with E-state index in [-0.39, 0.29) is 0 Å². The minimum absolute atomic E-state index is 0.362. The Kier molecular flexibility index (Phi) is 4.27. The topological polar surface area (TPSA) is 63.8 Å². The van der Waals surface area contributed by atoms with E-state index in [0.717, 1.165) is 12.2 Å². The molecule has 1 aliphatic carbocycles. The fourth-order valence-corrected chi connectivity index (χ4v) is 2.50. The molecular formula is C13H21ClN4. The van der Waals surface area contributed by atoms with Crippen LogP contribution in [0.5, 0.6) is 0 Å². The van der Waals surface area contributed by atoms with Gasteiger partial charge in [0.25, 0.3) is 0 Å². The molecule has 0 aromatic carbocycles. The lowest BCUT2D eigenvalue weighted by atomic mass is 10.1. The fraction of sp³-hybridized carbons (Fsp3) is 0.692. The standard InChI is InChI=1S/C13H21ClN4/c1-8(2)7-10-17-12(14)11(15)13(18-10)16-9-5-3-4-6-9/h8-9H,3-7,15H2,1-2H3,(H,16,17,18). The molecule has 0 unspecified atom stereocenters. The maximum Gasteiger partial charge on any atom is 0.157 e. The van der Waals surface area contributed by atoms with Gasteiger partial charge in [-0.1, -0.05) is 38.3 Å². The molecule has 1 aromatic rings. The van der Waals surface area contributed by atoms with Gasteiger partial charge in [-0.05, 0) is 18.8 Å². The fourth-order valence-electron chi connectivity index (χ4n) is 2.32. The average Bonchev–Trinajstić information content (AvgIpc) is 2.77. The smallest absolute Gasteiger partial charge is 0.157 e. The summed E-state index contributed by atoms with van der Waals surface area (Å²) in [6.45, 7) is 4.27. The highest BCUT2D eigenvalue weighted by molar-refractivity contribution is 6.32. The third-order valence-corrected chi connectivity index (χ3v) is 3.52. The van der Waals surface area contributed by atoms with Crippen LogP contribution in [0.2, 0.25) is 5.15 Å². The van der Waals surface area contributed by atoms with Crippen LogP contribution >= 0.6 is 11.6 Å². The summed E-state index contributed by atoms with van der Waals surface area (Å²) >= 11 is 6.07. The molecule has 1 aliphatic rings. The number of aromatic nitrogens is 2. The van der Waals surface area contributed by atoms with Gasteiger partial charge in [0, 0.05) is 12.5 Å². The van der Waals surface area contributed by atoms with Crippen molar-refractivity contribution in [3.8, 4) is 0 Å². The van der Waals surface area contributed by atoms with Crippen molar-refractivity contribution in [2.75, 3.05) is 11.1 Å². The number of halogens is 1. The molecule has 0 atom stereocenters. The predicted molar refractivity (Wildman–Crippen MR) is 75.9 cm³/mol. The first kappa shape index (κ1) is 13.4. The van der Waals surface area contributed by atoms with Crippen LogP contribution in [0.4, 0.5) is 11.5 Å². The third-order valence-electron chi connectivity index (χ3n) is 3.23. The first-order chi connectivity index (χ1) is 8.56. The predicted octanol–water partition coefficient (Wildman–Crippen LogP) is 3.27. The lowest BCUT2D eigenvalue weighted by molar-refractivity contribution is 0.620. The molecule has 0 amide bonds. The number of nitrogens with two attached hydrogens (primary N) is 1. The molecule has 4 nitrogen and oxygen atoms in total. The number of hydrogen-bond donors (Lipinski definition) is 2. The van der Waals surface area contributed by atoms with Crippen LogP contribution < -0.4 is 11.1 Å². The van der Waals surface area contributed by atoms with Crippen LogP contribution in [0.15, 0.2) is 0 Å². The molecule has 1 fully saturated rings. The van der Waals surface area contributed by atoms with E-state index in [9.17, 15) is 0 Å². The van der Waals surface area contributed by atoms with Gasteiger partial charge >= 0.3 is 0 Å². The minimum atomic E-state index is 0.362. The van der Waals surface area contributed by atoms with Crippen molar-refractivity contribution < 1.29 is 0 Å². The average molecular weight is 269 g/mol. The number of nitrogens with one attached hydrogen (secondary N) is 1. The minimum Gasteiger partial charge on any atom is -0.393 e. The lowest BCUT2D eigenvalue weighted by Gasteiger charge is -2.16. The van der Waals surface area contributed by atoms with Crippen molar-refractivity contribution in [1.29, 1.82) is 0 Å². The zero-order valence-corrected chi connectivity index (χ0v) is 11.8. The number of anilines is 2. The number of rotatable bonds is 4. The molecule has 1 heterocycles. The van der Waals surface area contributed by atoms with Crippen molar-refractivity contribution in [1.82, 2.24) is 9.97 Å². The summed E-state index contributed by atoms with van der Waals surface area (Å²) in [5, 5.41) is 3.77. The zero-order valence-electron chi connectivity index (χ0n) is 11.0. The van der Waals surface area contributed by atoms with E-state index in [0.29, 0.717) is 28.6 Å². The summed E-state index contributed by atoms with van der Waals surface area (Å²) in [5.41, 5.74) is 6.41. The van der Waals surface area contributed by atoms with E-state index >= 15 is 0 Å². The lowest BCUT2D eigenvalue weighted by Crippen LogP contribution is -2.18. The van der Waals surface area contributed by atoms with E-state index in [1.165, 1.54) is 25.7 Å². The van der Waals surface area contributed by atoms with Crippen molar-refractivity contribution >= 4 is 23.1 Å². The second kappa shape index (κ2) is 5.74. The quantitative estimate of drug-likeness (QED) is 0.823.